The van der Waals surface area contributed by atoms with Gasteiger partial charge in [-0.25, -0.2) is 4.98 Å². The number of nitrogens with one attached hydrogen (secondary N) is 1. The van der Waals surface area contributed by atoms with Crippen molar-refractivity contribution in [2.24, 2.45) is 0 Å². The average Bonchev–Trinajstić information content (AvgIpc) is 2.58. The topological polar surface area (TPSA) is 63.7 Å². The van der Waals surface area contributed by atoms with Gasteiger partial charge in [0.05, 0.1) is 25.3 Å². The minimum Gasteiger partial charge on any atom is -0.489 e. The number of hydrogen-bond acceptors (Lipinski definition) is 5. The molecule has 6 nitrogen and oxygen atoms in total. The molecule has 3 rings (SSSR count). The first-order chi connectivity index (χ1) is 12.5. The number of para-hydroxylation sites is 1. The summed E-state index contributed by atoms with van der Waals surface area (Å²) >= 11 is 0. The first-order valence-electron chi connectivity index (χ1n) is 9.15. The van der Waals surface area contributed by atoms with E-state index in [9.17, 15) is 4.79 Å². The molecule has 0 unspecified atom stereocenters. The van der Waals surface area contributed by atoms with Crippen molar-refractivity contribution in [2.45, 2.75) is 33.0 Å². The Morgan fingerprint density at radius 2 is 2.04 bits per heavy atom. The summed E-state index contributed by atoms with van der Waals surface area (Å²) < 4.78 is 11.5. The summed E-state index contributed by atoms with van der Waals surface area (Å²) in [7, 11) is 0. The third-order valence-corrected chi connectivity index (χ3v) is 4.37. The van der Waals surface area contributed by atoms with Crippen molar-refractivity contribution in [3.63, 3.8) is 0 Å². The molecule has 0 aliphatic carbocycles. The Hall–Kier alpha value is -2.18. The first-order valence-corrected chi connectivity index (χ1v) is 9.15. The van der Waals surface area contributed by atoms with E-state index in [2.05, 4.69) is 15.2 Å². The maximum atomic E-state index is 12.1. The number of hydrogen-bond donors (Lipinski definition) is 1. The van der Waals surface area contributed by atoms with Crippen LogP contribution < -0.4 is 10.1 Å². The molecule has 0 radical (unpaired) electrons. The van der Waals surface area contributed by atoms with Crippen LogP contribution in [0.4, 0.5) is 0 Å². The summed E-state index contributed by atoms with van der Waals surface area (Å²) in [5.74, 6) is 0.762. The number of nitrogens with zero attached hydrogens (tertiary/aromatic N) is 2. The minimum absolute atomic E-state index is 0.0155. The van der Waals surface area contributed by atoms with Gasteiger partial charge in [0.25, 0.3) is 0 Å². The molecule has 140 valence electrons. The first kappa shape index (κ1) is 18.6. The lowest BCUT2D eigenvalue weighted by Gasteiger charge is -2.34. The lowest BCUT2D eigenvalue weighted by Crippen LogP contribution is -2.49. The number of carbonyl (C=O) groups is 1. The molecule has 1 amide bonds. The van der Waals surface area contributed by atoms with E-state index in [1.54, 1.807) is 0 Å². The lowest BCUT2D eigenvalue weighted by atomic mass is 10.2. The Bertz CT molecular complexity index is 755. The largest absolute Gasteiger partial charge is 0.489 e. The van der Waals surface area contributed by atoms with E-state index in [4.69, 9.17) is 9.47 Å². The van der Waals surface area contributed by atoms with Crippen LogP contribution in [-0.4, -0.2) is 60.8 Å². The van der Waals surface area contributed by atoms with Crippen molar-refractivity contribution in [2.75, 3.05) is 32.8 Å². The summed E-state index contributed by atoms with van der Waals surface area (Å²) in [5.41, 5.74) is 1.81. The van der Waals surface area contributed by atoms with Gasteiger partial charge in [-0.1, -0.05) is 18.2 Å². The summed E-state index contributed by atoms with van der Waals surface area (Å²) in [6.45, 7) is 8.89. The zero-order valence-electron chi connectivity index (χ0n) is 15.7. The molecule has 26 heavy (non-hydrogen) atoms. The Balaban J connectivity index is 1.45. The van der Waals surface area contributed by atoms with Gasteiger partial charge in [-0.2, -0.15) is 0 Å². The maximum Gasteiger partial charge on any atom is 0.234 e. The van der Waals surface area contributed by atoms with Crippen LogP contribution in [0.15, 0.2) is 30.3 Å². The van der Waals surface area contributed by atoms with Gasteiger partial charge in [-0.3, -0.25) is 9.69 Å². The van der Waals surface area contributed by atoms with Crippen LogP contribution >= 0.6 is 0 Å². The second-order valence-electron chi connectivity index (χ2n) is 6.93. The molecule has 1 aliphatic rings. The third kappa shape index (κ3) is 4.93. The fraction of sp³-hybridized carbons (Fsp3) is 0.500. The molecule has 0 saturated carbocycles. The highest BCUT2D eigenvalue weighted by molar-refractivity contribution is 5.84. The van der Waals surface area contributed by atoms with Crippen molar-refractivity contribution >= 4 is 16.8 Å². The second-order valence-corrected chi connectivity index (χ2v) is 6.93. The molecule has 0 bridgehead atoms. The molecule has 1 aromatic heterocycles. The molecule has 6 heteroatoms. The Kier molecular flexibility index (Phi) is 6.06. The van der Waals surface area contributed by atoms with E-state index in [-0.39, 0.29) is 18.1 Å². The minimum atomic E-state index is 0.0155. The molecule has 2 atom stereocenters. The van der Waals surface area contributed by atoms with Crippen LogP contribution in [0.3, 0.4) is 0 Å². The van der Waals surface area contributed by atoms with Crippen molar-refractivity contribution < 1.29 is 14.3 Å². The normalized spacial score (nSPS) is 20.9. The molecule has 0 spiro atoms. The van der Waals surface area contributed by atoms with E-state index in [1.807, 2.05) is 51.1 Å². The molecular weight excluding hydrogens is 330 g/mol. The Morgan fingerprint density at radius 1 is 1.27 bits per heavy atom. The van der Waals surface area contributed by atoms with Crippen LogP contribution in [0.5, 0.6) is 5.75 Å². The third-order valence-electron chi connectivity index (χ3n) is 4.37. The lowest BCUT2D eigenvalue weighted by molar-refractivity contribution is -0.126. The van der Waals surface area contributed by atoms with Gasteiger partial charge in [0, 0.05) is 24.2 Å². The predicted molar refractivity (Wildman–Crippen MR) is 101 cm³/mol. The van der Waals surface area contributed by atoms with E-state index in [0.717, 1.165) is 35.4 Å². The number of fused-ring (bicyclic) bond motifs is 1. The van der Waals surface area contributed by atoms with E-state index in [0.29, 0.717) is 19.7 Å². The summed E-state index contributed by atoms with van der Waals surface area (Å²) in [6.07, 6.45) is 0.328. The SMILES string of the molecule is Cc1ccc2cccc(OCCNC(=O)CN3C[C@@H](C)O[C@@H](C)C3)c2n1. The number of pyridine rings is 1. The van der Waals surface area contributed by atoms with Crippen LogP contribution in [0.25, 0.3) is 10.9 Å². The quantitative estimate of drug-likeness (QED) is 0.803. The van der Waals surface area contributed by atoms with Crippen LogP contribution in [0.2, 0.25) is 0 Å². The molecule has 1 aliphatic heterocycles. The summed E-state index contributed by atoms with van der Waals surface area (Å²) in [5, 5.41) is 3.97. The van der Waals surface area contributed by atoms with Crippen LogP contribution in [0.1, 0.15) is 19.5 Å². The number of ether oxygens (including phenoxy) is 2. The van der Waals surface area contributed by atoms with Gasteiger partial charge in [0.15, 0.2) is 0 Å². The van der Waals surface area contributed by atoms with Crippen LogP contribution in [0, 0.1) is 6.92 Å². The monoisotopic (exact) mass is 357 g/mol. The fourth-order valence-electron chi connectivity index (χ4n) is 3.36. The Morgan fingerprint density at radius 3 is 2.81 bits per heavy atom. The Labute approximate surface area is 154 Å². The van der Waals surface area contributed by atoms with Gasteiger partial charge in [-0.15, -0.1) is 0 Å². The second kappa shape index (κ2) is 8.47. The average molecular weight is 357 g/mol. The fourth-order valence-corrected chi connectivity index (χ4v) is 3.36. The molecule has 1 aromatic carbocycles. The van der Waals surface area contributed by atoms with Gasteiger partial charge in [-0.05, 0) is 32.9 Å². The zero-order chi connectivity index (χ0) is 18.5. The highest BCUT2D eigenvalue weighted by Gasteiger charge is 2.23. The molecule has 2 heterocycles. The van der Waals surface area contributed by atoms with E-state index in [1.165, 1.54) is 0 Å². The predicted octanol–water partition coefficient (Wildman–Crippen LogP) is 2.15. The van der Waals surface area contributed by atoms with Gasteiger partial charge >= 0.3 is 0 Å². The number of benzene rings is 1. The molecule has 1 N–H and O–H groups in total. The molecule has 1 fully saturated rings. The number of aryl methyl sites for hydroxylation is 1. The molecule has 1 saturated heterocycles. The maximum absolute atomic E-state index is 12.1. The van der Waals surface area contributed by atoms with Gasteiger partial charge in [0.2, 0.25) is 5.91 Å². The van der Waals surface area contributed by atoms with Crippen molar-refractivity contribution in [1.29, 1.82) is 0 Å². The van der Waals surface area contributed by atoms with Crippen molar-refractivity contribution in [1.82, 2.24) is 15.2 Å². The number of amides is 1. The van der Waals surface area contributed by atoms with Crippen molar-refractivity contribution in [3.8, 4) is 5.75 Å². The van der Waals surface area contributed by atoms with Gasteiger partial charge in [0.1, 0.15) is 17.9 Å². The van der Waals surface area contributed by atoms with E-state index < -0.39 is 0 Å². The summed E-state index contributed by atoms with van der Waals surface area (Å²) in [6, 6.07) is 9.90. The number of morpholine rings is 1. The smallest absolute Gasteiger partial charge is 0.234 e. The van der Waals surface area contributed by atoms with Crippen molar-refractivity contribution in [3.05, 3.63) is 36.0 Å². The number of rotatable bonds is 6. The molecule has 2 aromatic rings. The molecular formula is C20H27N3O3. The van der Waals surface area contributed by atoms with Crippen LogP contribution in [-0.2, 0) is 9.53 Å². The standard InChI is InChI=1S/C20H27N3O3/c1-14-7-8-17-5-4-6-18(20(17)22-14)25-10-9-21-19(24)13-23-11-15(2)26-16(3)12-23/h4-8,15-16H,9-13H2,1-3H3,(H,21,24)/t15-,16+. The van der Waals surface area contributed by atoms with E-state index >= 15 is 0 Å². The van der Waals surface area contributed by atoms with Gasteiger partial charge < -0.3 is 14.8 Å². The zero-order valence-corrected chi connectivity index (χ0v) is 15.7. The highest BCUT2D eigenvalue weighted by atomic mass is 16.5. The number of aromatic nitrogens is 1. The number of carbonyl (C=O) groups excluding carboxylic acids is 1. The highest BCUT2D eigenvalue weighted by Crippen LogP contribution is 2.23. The summed E-state index contributed by atoms with van der Waals surface area (Å²) in [4.78, 5) is 18.8.